The molecule has 0 bridgehead atoms. The molecule has 1 saturated carbocycles. The highest BCUT2D eigenvalue weighted by Gasteiger charge is 2.31. The zero-order valence-corrected chi connectivity index (χ0v) is 26.2. The molecule has 1 atom stereocenters. The number of amides is 3. The molecule has 1 aliphatic carbocycles. The fraction of sp³-hybridized carbons (Fsp3) is 0.424. The van der Waals surface area contributed by atoms with Crippen LogP contribution in [0.4, 0.5) is 27.7 Å². The molecule has 3 N–H and O–H groups in total. The van der Waals surface area contributed by atoms with Crippen molar-refractivity contribution in [3.8, 4) is 6.07 Å². The van der Waals surface area contributed by atoms with Crippen LogP contribution in [0.3, 0.4) is 0 Å². The minimum absolute atomic E-state index is 0.0525. The SMILES string of the molecule is C=CC(=O)Nc1cc(N(C(=O)NCc2cnn(C)c2)C2CCC(Nc3ccc(C#N)cn3)CC2)ccc1N1CCN(C)C(C)C1. The van der Waals surface area contributed by atoms with Gasteiger partial charge in [0.05, 0.1) is 23.1 Å². The second-order valence-electron chi connectivity index (χ2n) is 11.9. The van der Waals surface area contributed by atoms with Gasteiger partial charge in [-0.3, -0.25) is 14.4 Å². The van der Waals surface area contributed by atoms with Crippen LogP contribution in [0.15, 0.2) is 61.6 Å². The van der Waals surface area contributed by atoms with Gasteiger partial charge in [-0.25, -0.2) is 9.78 Å². The van der Waals surface area contributed by atoms with Crippen molar-refractivity contribution in [2.45, 2.75) is 57.3 Å². The Kier molecular flexibility index (Phi) is 9.99. The van der Waals surface area contributed by atoms with Crippen LogP contribution in [0.1, 0.15) is 43.7 Å². The molecule has 0 radical (unpaired) electrons. The number of carbonyl (C=O) groups excluding carboxylic acids is 2. The van der Waals surface area contributed by atoms with Gasteiger partial charge in [0, 0.05) is 75.0 Å². The van der Waals surface area contributed by atoms with E-state index in [2.05, 4.69) is 62.5 Å². The predicted octanol–water partition coefficient (Wildman–Crippen LogP) is 4.09. The third-order valence-corrected chi connectivity index (χ3v) is 8.73. The van der Waals surface area contributed by atoms with E-state index in [-0.39, 0.29) is 24.0 Å². The van der Waals surface area contributed by atoms with Crippen molar-refractivity contribution >= 4 is 34.8 Å². The number of rotatable bonds is 9. The molecule has 12 heteroatoms. The highest BCUT2D eigenvalue weighted by molar-refractivity contribution is 6.02. The highest BCUT2D eigenvalue weighted by Crippen LogP contribution is 2.35. The molecule has 3 heterocycles. The molecule has 3 amide bonds. The van der Waals surface area contributed by atoms with E-state index in [1.165, 1.54) is 6.08 Å². The van der Waals surface area contributed by atoms with Crippen LogP contribution in [-0.4, -0.2) is 76.4 Å². The lowest BCUT2D eigenvalue weighted by Gasteiger charge is -2.40. The lowest BCUT2D eigenvalue weighted by Crippen LogP contribution is -2.50. The first-order valence-corrected chi connectivity index (χ1v) is 15.4. The largest absolute Gasteiger partial charge is 0.367 e. The number of benzene rings is 1. The summed E-state index contributed by atoms with van der Waals surface area (Å²) in [6.45, 7) is 8.76. The maximum Gasteiger partial charge on any atom is 0.322 e. The second kappa shape index (κ2) is 14.3. The van der Waals surface area contributed by atoms with E-state index in [4.69, 9.17) is 5.26 Å². The minimum atomic E-state index is -0.300. The van der Waals surface area contributed by atoms with Crippen molar-refractivity contribution in [3.05, 3.63) is 72.7 Å². The number of carbonyl (C=O) groups is 2. The van der Waals surface area contributed by atoms with E-state index in [9.17, 15) is 9.59 Å². The Labute approximate surface area is 264 Å². The summed E-state index contributed by atoms with van der Waals surface area (Å²) < 4.78 is 1.71. The zero-order chi connectivity index (χ0) is 31.9. The van der Waals surface area contributed by atoms with Crippen molar-refractivity contribution < 1.29 is 9.59 Å². The predicted molar refractivity (Wildman–Crippen MR) is 176 cm³/mol. The number of likely N-dealkylation sites (N-methyl/N-ethyl adjacent to an activating group) is 1. The molecule has 5 rings (SSSR count). The molecular formula is C33H42N10O2. The lowest BCUT2D eigenvalue weighted by atomic mass is 9.89. The number of hydrogen-bond acceptors (Lipinski definition) is 8. The van der Waals surface area contributed by atoms with Crippen LogP contribution in [0.2, 0.25) is 0 Å². The fourth-order valence-electron chi connectivity index (χ4n) is 6.05. The summed E-state index contributed by atoms with van der Waals surface area (Å²) in [5.74, 6) is 0.436. The van der Waals surface area contributed by atoms with Gasteiger partial charge in [0.2, 0.25) is 5.91 Å². The maximum absolute atomic E-state index is 13.9. The van der Waals surface area contributed by atoms with Crippen molar-refractivity contribution in [1.82, 2.24) is 25.0 Å². The summed E-state index contributed by atoms with van der Waals surface area (Å²) in [4.78, 5) is 37.3. The number of hydrogen-bond donors (Lipinski definition) is 3. The van der Waals surface area contributed by atoms with Crippen LogP contribution in [0.25, 0.3) is 0 Å². The molecule has 2 aliphatic rings. The quantitative estimate of drug-likeness (QED) is 0.309. The molecule has 0 spiro atoms. The Morgan fingerprint density at radius 1 is 1.13 bits per heavy atom. The molecule has 1 saturated heterocycles. The number of nitrogens with one attached hydrogen (secondary N) is 3. The maximum atomic E-state index is 13.9. The number of aryl methyl sites for hydroxylation is 1. The zero-order valence-electron chi connectivity index (χ0n) is 26.2. The number of anilines is 4. The van der Waals surface area contributed by atoms with Crippen molar-refractivity contribution in [2.24, 2.45) is 7.05 Å². The Hall–Kier alpha value is -4.89. The van der Waals surface area contributed by atoms with Crippen LogP contribution in [-0.2, 0) is 18.4 Å². The average molecular weight is 611 g/mol. The van der Waals surface area contributed by atoms with E-state index in [0.29, 0.717) is 29.5 Å². The Morgan fingerprint density at radius 2 is 1.93 bits per heavy atom. The molecule has 2 aromatic heterocycles. The van der Waals surface area contributed by atoms with Crippen LogP contribution in [0.5, 0.6) is 0 Å². The highest BCUT2D eigenvalue weighted by atomic mass is 16.2. The summed E-state index contributed by atoms with van der Waals surface area (Å²) in [6.07, 6.45) is 9.70. The Morgan fingerprint density at radius 3 is 2.58 bits per heavy atom. The summed E-state index contributed by atoms with van der Waals surface area (Å²) in [5, 5.41) is 22.9. The fourth-order valence-corrected chi connectivity index (χ4v) is 6.05. The van der Waals surface area contributed by atoms with Gasteiger partial charge in [-0.1, -0.05) is 6.58 Å². The third-order valence-electron chi connectivity index (χ3n) is 8.73. The van der Waals surface area contributed by atoms with Gasteiger partial charge in [0.25, 0.3) is 0 Å². The number of aromatic nitrogens is 3. The van der Waals surface area contributed by atoms with Crippen molar-refractivity contribution in [1.29, 1.82) is 5.26 Å². The van der Waals surface area contributed by atoms with Gasteiger partial charge >= 0.3 is 6.03 Å². The van der Waals surface area contributed by atoms with Gasteiger partial charge in [0.1, 0.15) is 11.9 Å². The van der Waals surface area contributed by atoms with Crippen molar-refractivity contribution in [3.63, 3.8) is 0 Å². The first kappa shape index (κ1) is 31.5. The van der Waals surface area contributed by atoms with Crippen LogP contribution in [0, 0.1) is 11.3 Å². The van der Waals surface area contributed by atoms with Gasteiger partial charge in [-0.05, 0) is 76.1 Å². The molecular weight excluding hydrogens is 568 g/mol. The van der Waals surface area contributed by atoms with Gasteiger partial charge in [0.15, 0.2) is 0 Å². The second-order valence-corrected chi connectivity index (χ2v) is 11.9. The monoisotopic (exact) mass is 610 g/mol. The van der Waals surface area contributed by atoms with E-state index >= 15 is 0 Å². The van der Waals surface area contributed by atoms with E-state index in [0.717, 1.165) is 62.4 Å². The lowest BCUT2D eigenvalue weighted by molar-refractivity contribution is -0.111. The summed E-state index contributed by atoms with van der Waals surface area (Å²) in [6, 6.07) is 11.9. The Balaban J connectivity index is 1.39. The molecule has 12 nitrogen and oxygen atoms in total. The van der Waals surface area contributed by atoms with Gasteiger partial charge < -0.3 is 25.8 Å². The van der Waals surface area contributed by atoms with Gasteiger partial charge in [-0.2, -0.15) is 10.4 Å². The summed E-state index contributed by atoms with van der Waals surface area (Å²) in [7, 11) is 3.97. The molecule has 1 unspecified atom stereocenters. The molecule has 45 heavy (non-hydrogen) atoms. The first-order chi connectivity index (χ1) is 21.7. The number of nitriles is 1. The van der Waals surface area contributed by atoms with Gasteiger partial charge in [-0.15, -0.1) is 0 Å². The standard InChI is InChI=1S/C33H42N10O2/c1-5-32(44)39-29-16-28(11-12-30(29)42-15-14-40(3)23(2)21-42)43(33(45)36-19-25-20-37-41(4)22-25)27-9-7-26(8-10-27)38-31-13-6-24(17-34)18-35-31/h5-6,11-13,16,18,20,22-23,26-27H,1,7-10,14-15,19,21H2,2-4H3,(H,35,38)(H,36,45)(H,39,44). The van der Waals surface area contributed by atoms with Crippen molar-refractivity contribution in [2.75, 3.05) is 47.1 Å². The number of nitrogens with zero attached hydrogens (tertiary/aromatic N) is 7. The van der Waals surface area contributed by atoms with E-state index in [1.54, 1.807) is 23.1 Å². The number of piperazine rings is 1. The Bertz CT molecular complexity index is 1540. The summed E-state index contributed by atoms with van der Waals surface area (Å²) in [5.41, 5.74) is 3.73. The minimum Gasteiger partial charge on any atom is -0.367 e. The smallest absolute Gasteiger partial charge is 0.322 e. The molecule has 1 aliphatic heterocycles. The average Bonchev–Trinajstić information content (AvgIpc) is 3.47. The third kappa shape index (κ3) is 7.80. The van der Waals surface area contributed by atoms with Crippen LogP contribution >= 0.6 is 0 Å². The van der Waals surface area contributed by atoms with E-state index in [1.807, 2.05) is 42.4 Å². The van der Waals surface area contributed by atoms with Crippen LogP contribution < -0.4 is 25.8 Å². The molecule has 236 valence electrons. The summed E-state index contributed by atoms with van der Waals surface area (Å²) >= 11 is 0. The number of urea groups is 1. The molecule has 1 aromatic carbocycles. The molecule has 2 fully saturated rings. The first-order valence-electron chi connectivity index (χ1n) is 15.4. The topological polar surface area (TPSA) is 134 Å². The van der Waals surface area contributed by atoms with E-state index < -0.39 is 0 Å². The molecule has 3 aromatic rings. The normalized spacial score (nSPS) is 20.1. The number of pyridine rings is 1.